The van der Waals surface area contributed by atoms with Crippen molar-refractivity contribution in [2.45, 2.75) is 59.7 Å². The van der Waals surface area contributed by atoms with Crippen LogP contribution in [0.25, 0.3) is 0 Å². The van der Waals surface area contributed by atoms with Crippen LogP contribution in [0.4, 0.5) is 0 Å². The molecule has 1 fully saturated rings. The largest absolute Gasteiger partial charge is 0.497 e. The highest BCUT2D eigenvalue weighted by atomic mass is 16.7. The molecule has 6 nitrogen and oxygen atoms in total. The highest BCUT2D eigenvalue weighted by Gasteiger charge is 2.41. The normalized spacial score (nSPS) is 29.9. The Morgan fingerprint density at radius 1 is 1.11 bits per heavy atom. The lowest BCUT2D eigenvalue weighted by atomic mass is 9.79. The van der Waals surface area contributed by atoms with Gasteiger partial charge in [0.2, 0.25) is 0 Å². The summed E-state index contributed by atoms with van der Waals surface area (Å²) in [5.41, 5.74) is 1.07. The van der Waals surface area contributed by atoms with Crippen LogP contribution in [0.3, 0.4) is 0 Å². The molecule has 0 aliphatic carbocycles. The Morgan fingerprint density at radius 3 is 2.32 bits per heavy atom. The fraction of sp³-hybridized carbons (Fsp3) is 0.682. The number of carbonyl (C=O) groups is 1. The van der Waals surface area contributed by atoms with E-state index in [9.17, 15) is 9.90 Å². The topological polar surface area (TPSA) is 74.2 Å². The summed E-state index contributed by atoms with van der Waals surface area (Å²) in [4.78, 5) is 11.2. The monoisotopic (exact) mass is 394 g/mol. The molecular weight excluding hydrogens is 360 g/mol. The molecule has 1 aromatic carbocycles. The van der Waals surface area contributed by atoms with Crippen molar-refractivity contribution in [3.8, 4) is 5.75 Å². The average molecular weight is 395 g/mol. The van der Waals surface area contributed by atoms with Gasteiger partial charge >= 0.3 is 5.97 Å². The maximum Gasteiger partial charge on any atom is 0.308 e. The Morgan fingerprint density at radius 2 is 1.75 bits per heavy atom. The molecule has 158 valence electrons. The summed E-state index contributed by atoms with van der Waals surface area (Å²) in [6.07, 6.45) is -0.953. The number of methoxy groups -OCH3 is 1. The van der Waals surface area contributed by atoms with Gasteiger partial charge in [-0.05, 0) is 43.4 Å². The van der Waals surface area contributed by atoms with Crippen LogP contribution in [0.1, 0.15) is 40.2 Å². The summed E-state index contributed by atoms with van der Waals surface area (Å²) in [6.45, 7) is 10.9. The lowest BCUT2D eigenvalue weighted by molar-refractivity contribution is -0.274. The third-order valence-corrected chi connectivity index (χ3v) is 6.14. The Hall–Kier alpha value is -1.63. The second-order valence-corrected chi connectivity index (χ2v) is 7.95. The molecule has 0 bridgehead atoms. The number of carboxylic acid groups (broad SMARTS) is 1. The molecule has 1 aliphatic heterocycles. The average Bonchev–Trinajstić information content (AvgIpc) is 2.69. The van der Waals surface area contributed by atoms with E-state index >= 15 is 0 Å². The third kappa shape index (κ3) is 5.69. The van der Waals surface area contributed by atoms with Crippen molar-refractivity contribution in [2.24, 2.45) is 23.7 Å². The molecule has 1 N–H and O–H groups in total. The molecule has 0 spiro atoms. The number of hydrogen-bond donors (Lipinski definition) is 1. The molecule has 1 aliphatic rings. The van der Waals surface area contributed by atoms with Crippen molar-refractivity contribution in [2.75, 3.05) is 13.7 Å². The minimum absolute atomic E-state index is 0.0956. The number of rotatable bonds is 9. The van der Waals surface area contributed by atoms with Crippen molar-refractivity contribution in [1.82, 2.24) is 0 Å². The molecule has 2 rings (SSSR count). The van der Waals surface area contributed by atoms with Crippen LogP contribution in [0, 0.1) is 23.7 Å². The molecule has 0 radical (unpaired) electrons. The van der Waals surface area contributed by atoms with Gasteiger partial charge < -0.3 is 24.1 Å². The van der Waals surface area contributed by atoms with Crippen molar-refractivity contribution in [3.63, 3.8) is 0 Å². The molecule has 0 amide bonds. The summed E-state index contributed by atoms with van der Waals surface area (Å²) in [5.74, 6) is 0.238. The maximum atomic E-state index is 11.2. The number of hydrogen-bond acceptors (Lipinski definition) is 5. The van der Waals surface area contributed by atoms with Gasteiger partial charge in [-0.3, -0.25) is 4.79 Å². The maximum absolute atomic E-state index is 11.2. The first kappa shape index (κ1) is 22.7. The van der Waals surface area contributed by atoms with Crippen LogP contribution in [0.15, 0.2) is 24.3 Å². The fourth-order valence-electron chi connectivity index (χ4n) is 3.38. The number of ether oxygens (including phenoxy) is 4. The van der Waals surface area contributed by atoms with E-state index in [1.807, 2.05) is 24.3 Å². The zero-order chi connectivity index (χ0) is 20.8. The molecular formula is C22H34O6. The second-order valence-electron chi connectivity index (χ2n) is 7.95. The molecule has 7 atom stereocenters. The standard InChI is InChI=1S/C22H34O6/c1-13-14(2)20(12-26-11-18-7-9-19(25-6)10-8-18)28-22(15(13)3)27-17(5)16(4)21(23)24/h7-10,13-17,20,22H,11-12H2,1-6H3,(H,23,24)/t13-,14+,15?,16-,17?,20?,22-/m0/s1. The first-order chi connectivity index (χ1) is 13.2. The van der Waals surface area contributed by atoms with Crippen molar-refractivity contribution in [3.05, 3.63) is 29.8 Å². The van der Waals surface area contributed by atoms with Gasteiger partial charge in [0.15, 0.2) is 6.29 Å². The van der Waals surface area contributed by atoms with E-state index in [1.54, 1.807) is 21.0 Å². The van der Waals surface area contributed by atoms with E-state index in [0.29, 0.717) is 25.0 Å². The van der Waals surface area contributed by atoms with E-state index in [0.717, 1.165) is 11.3 Å². The minimum atomic E-state index is -0.864. The summed E-state index contributed by atoms with van der Waals surface area (Å²) >= 11 is 0. The van der Waals surface area contributed by atoms with Crippen molar-refractivity contribution >= 4 is 5.97 Å². The first-order valence-corrected chi connectivity index (χ1v) is 9.99. The van der Waals surface area contributed by atoms with Gasteiger partial charge in [-0.15, -0.1) is 0 Å². The molecule has 1 saturated heterocycles. The predicted octanol–water partition coefficient (Wildman–Crippen LogP) is 3.97. The smallest absolute Gasteiger partial charge is 0.308 e. The lowest BCUT2D eigenvalue weighted by Crippen LogP contribution is -2.49. The SMILES string of the molecule is COc1ccc(COCC2O[C@H](OC(C)[C@H](C)C(=O)O)C(C)[C@@H](C)[C@H]2C)cc1. The molecule has 1 heterocycles. The van der Waals surface area contributed by atoms with Crippen LogP contribution >= 0.6 is 0 Å². The Labute approximate surface area is 168 Å². The Balaban J connectivity index is 1.92. The van der Waals surface area contributed by atoms with Crippen LogP contribution in [0.5, 0.6) is 5.75 Å². The zero-order valence-electron chi connectivity index (χ0n) is 17.8. The molecule has 1 aromatic rings. The summed E-state index contributed by atoms with van der Waals surface area (Å²) in [5, 5.41) is 9.20. The molecule has 0 aromatic heterocycles. The number of benzene rings is 1. The molecule has 3 unspecified atom stereocenters. The van der Waals surface area contributed by atoms with Crippen molar-refractivity contribution in [1.29, 1.82) is 0 Å². The van der Waals surface area contributed by atoms with Gasteiger partial charge in [-0.2, -0.15) is 0 Å². The minimum Gasteiger partial charge on any atom is -0.497 e. The quantitative estimate of drug-likeness (QED) is 0.683. The highest BCUT2D eigenvalue weighted by molar-refractivity contribution is 5.70. The van der Waals surface area contributed by atoms with Crippen LogP contribution in [-0.4, -0.2) is 43.3 Å². The number of carboxylic acids is 1. The van der Waals surface area contributed by atoms with Gasteiger partial charge in [-0.1, -0.05) is 32.9 Å². The summed E-state index contributed by atoms with van der Waals surface area (Å²) in [6, 6.07) is 7.79. The van der Waals surface area contributed by atoms with Crippen LogP contribution in [0.2, 0.25) is 0 Å². The third-order valence-electron chi connectivity index (χ3n) is 6.14. The predicted molar refractivity (Wildman–Crippen MR) is 106 cm³/mol. The zero-order valence-corrected chi connectivity index (χ0v) is 17.8. The van der Waals surface area contributed by atoms with Crippen molar-refractivity contribution < 1.29 is 28.8 Å². The Kier molecular flexibility index (Phi) is 8.28. The van der Waals surface area contributed by atoms with E-state index in [-0.39, 0.29) is 12.0 Å². The lowest BCUT2D eigenvalue weighted by Gasteiger charge is -2.44. The van der Waals surface area contributed by atoms with Gasteiger partial charge in [-0.25, -0.2) is 0 Å². The van der Waals surface area contributed by atoms with E-state index in [4.69, 9.17) is 18.9 Å². The molecule has 6 heteroatoms. The number of aliphatic carboxylic acids is 1. The fourth-order valence-corrected chi connectivity index (χ4v) is 3.38. The van der Waals surface area contributed by atoms with Gasteiger partial charge in [0, 0.05) is 5.92 Å². The summed E-state index contributed by atoms with van der Waals surface area (Å²) < 4.78 is 23.3. The highest BCUT2D eigenvalue weighted by Crippen LogP contribution is 2.36. The van der Waals surface area contributed by atoms with E-state index in [2.05, 4.69) is 20.8 Å². The summed E-state index contributed by atoms with van der Waals surface area (Å²) in [7, 11) is 1.64. The van der Waals surface area contributed by atoms with Crippen LogP contribution < -0.4 is 4.74 Å². The molecule has 0 saturated carbocycles. The van der Waals surface area contributed by atoms with Gasteiger partial charge in [0.25, 0.3) is 0 Å². The first-order valence-electron chi connectivity index (χ1n) is 9.99. The molecule has 28 heavy (non-hydrogen) atoms. The van der Waals surface area contributed by atoms with Crippen LogP contribution in [-0.2, 0) is 25.6 Å². The van der Waals surface area contributed by atoms with E-state index < -0.39 is 24.3 Å². The van der Waals surface area contributed by atoms with E-state index in [1.165, 1.54) is 0 Å². The van der Waals surface area contributed by atoms with Gasteiger partial charge in [0.05, 0.1) is 38.4 Å². The van der Waals surface area contributed by atoms with Gasteiger partial charge in [0.1, 0.15) is 5.75 Å². The second kappa shape index (κ2) is 10.2. The Bertz CT molecular complexity index is 616.